The van der Waals surface area contributed by atoms with E-state index < -0.39 is 17.3 Å². The highest BCUT2D eigenvalue weighted by atomic mass is 32.1. The second kappa shape index (κ2) is 5.57. The number of hydrogen-bond acceptors (Lipinski definition) is 5. The molecule has 5 nitrogen and oxygen atoms in total. The molecule has 19 heavy (non-hydrogen) atoms. The summed E-state index contributed by atoms with van der Waals surface area (Å²) in [4.78, 5) is 15.1. The van der Waals surface area contributed by atoms with Gasteiger partial charge in [-0.15, -0.1) is 11.3 Å². The van der Waals surface area contributed by atoms with E-state index in [4.69, 9.17) is 5.11 Å². The van der Waals surface area contributed by atoms with Crippen molar-refractivity contribution in [3.05, 3.63) is 46.2 Å². The molecule has 1 heterocycles. The first-order valence-corrected chi connectivity index (χ1v) is 6.19. The Kier molecular flexibility index (Phi) is 3.86. The van der Waals surface area contributed by atoms with Crippen LogP contribution in [0.25, 0.3) is 0 Å². The van der Waals surface area contributed by atoms with Crippen LogP contribution in [-0.2, 0) is 0 Å². The fourth-order valence-corrected chi connectivity index (χ4v) is 2.07. The van der Waals surface area contributed by atoms with Gasteiger partial charge in [-0.05, 0) is 13.0 Å². The first kappa shape index (κ1) is 13.2. The normalized spacial score (nSPS) is 10.8. The molecule has 1 aromatic heterocycles. The summed E-state index contributed by atoms with van der Waals surface area (Å²) in [6, 6.07) is 4.00. The van der Waals surface area contributed by atoms with Crippen molar-refractivity contribution in [1.29, 1.82) is 0 Å². The van der Waals surface area contributed by atoms with E-state index in [-0.39, 0.29) is 5.56 Å². The number of nitrogens with zero attached hydrogens (tertiary/aromatic N) is 2. The maximum absolute atomic E-state index is 13.4. The number of hydrogen-bond donors (Lipinski definition) is 2. The van der Waals surface area contributed by atoms with Crippen LogP contribution in [0.15, 0.2) is 28.7 Å². The number of anilines is 1. The summed E-state index contributed by atoms with van der Waals surface area (Å²) in [5.74, 6) is -2.12. The van der Waals surface area contributed by atoms with Gasteiger partial charge in [-0.3, -0.25) is 5.43 Å². The second-order valence-corrected chi connectivity index (χ2v) is 4.53. The standard InChI is InChI=1S/C12H10FN3O2S/c1-7-6-19-12(15-7)16-14-5-8-3-2-4-9(13)10(8)11(17)18/h2-6H,1H3,(H,15,16)(H,17,18). The largest absolute Gasteiger partial charge is 0.478 e. The zero-order chi connectivity index (χ0) is 13.8. The van der Waals surface area contributed by atoms with Crippen LogP contribution in [0, 0.1) is 12.7 Å². The van der Waals surface area contributed by atoms with Crippen LogP contribution in [0.3, 0.4) is 0 Å². The Morgan fingerprint density at radius 2 is 2.37 bits per heavy atom. The van der Waals surface area contributed by atoms with Crippen molar-refractivity contribution in [2.75, 3.05) is 5.43 Å². The topological polar surface area (TPSA) is 74.6 Å². The van der Waals surface area contributed by atoms with Crippen LogP contribution in [0.2, 0.25) is 0 Å². The molecular formula is C12H10FN3O2S. The molecule has 2 aromatic rings. The van der Waals surface area contributed by atoms with E-state index in [1.54, 1.807) is 0 Å². The Morgan fingerprint density at radius 1 is 1.58 bits per heavy atom. The monoisotopic (exact) mass is 279 g/mol. The molecule has 2 rings (SSSR count). The molecule has 0 aliphatic heterocycles. The molecule has 0 atom stereocenters. The number of carboxylic acid groups (broad SMARTS) is 1. The fourth-order valence-electron chi connectivity index (χ4n) is 1.44. The maximum atomic E-state index is 13.4. The van der Waals surface area contributed by atoms with E-state index in [2.05, 4.69) is 15.5 Å². The predicted octanol–water partition coefficient (Wildman–Crippen LogP) is 2.73. The highest BCUT2D eigenvalue weighted by Gasteiger charge is 2.13. The maximum Gasteiger partial charge on any atom is 0.339 e. The minimum Gasteiger partial charge on any atom is -0.478 e. The molecule has 0 aliphatic rings. The summed E-state index contributed by atoms with van der Waals surface area (Å²) in [5.41, 5.74) is 3.31. The summed E-state index contributed by atoms with van der Waals surface area (Å²) in [6.07, 6.45) is 1.25. The molecule has 0 bridgehead atoms. The van der Waals surface area contributed by atoms with Crippen molar-refractivity contribution >= 4 is 28.7 Å². The Balaban J connectivity index is 2.19. The predicted molar refractivity (Wildman–Crippen MR) is 71.4 cm³/mol. The zero-order valence-electron chi connectivity index (χ0n) is 9.92. The van der Waals surface area contributed by atoms with Crippen molar-refractivity contribution < 1.29 is 14.3 Å². The number of aromatic nitrogens is 1. The van der Waals surface area contributed by atoms with Crippen molar-refractivity contribution in [3.8, 4) is 0 Å². The number of aromatic carboxylic acids is 1. The summed E-state index contributed by atoms with van der Waals surface area (Å²) in [6.45, 7) is 1.85. The Hall–Kier alpha value is -2.28. The van der Waals surface area contributed by atoms with Gasteiger partial charge in [-0.25, -0.2) is 14.2 Å². The lowest BCUT2D eigenvalue weighted by Gasteiger charge is -2.01. The Morgan fingerprint density at radius 3 is 3.00 bits per heavy atom. The van der Waals surface area contributed by atoms with Gasteiger partial charge in [0.15, 0.2) is 0 Å². The number of rotatable bonds is 4. The average molecular weight is 279 g/mol. The number of aryl methyl sites for hydroxylation is 1. The number of hydrazone groups is 1. The molecule has 0 fully saturated rings. The molecule has 1 aromatic carbocycles. The summed E-state index contributed by atoms with van der Waals surface area (Å²) >= 11 is 1.37. The summed E-state index contributed by atoms with van der Waals surface area (Å²) in [7, 11) is 0. The van der Waals surface area contributed by atoms with Gasteiger partial charge >= 0.3 is 5.97 Å². The van der Waals surface area contributed by atoms with Gasteiger partial charge in [0.25, 0.3) is 0 Å². The molecule has 0 aliphatic carbocycles. The average Bonchev–Trinajstić information content (AvgIpc) is 2.74. The van der Waals surface area contributed by atoms with Crippen molar-refractivity contribution in [1.82, 2.24) is 4.98 Å². The van der Waals surface area contributed by atoms with Gasteiger partial charge in [-0.2, -0.15) is 5.10 Å². The van der Waals surface area contributed by atoms with Gasteiger partial charge in [0.05, 0.1) is 11.9 Å². The zero-order valence-corrected chi connectivity index (χ0v) is 10.7. The lowest BCUT2D eigenvalue weighted by Crippen LogP contribution is -2.06. The van der Waals surface area contributed by atoms with E-state index in [9.17, 15) is 9.18 Å². The molecule has 0 saturated carbocycles. The van der Waals surface area contributed by atoms with Crippen LogP contribution in [0.1, 0.15) is 21.6 Å². The van der Waals surface area contributed by atoms with E-state index in [0.717, 1.165) is 11.8 Å². The first-order chi connectivity index (χ1) is 9.08. The van der Waals surface area contributed by atoms with E-state index >= 15 is 0 Å². The lowest BCUT2D eigenvalue weighted by molar-refractivity contribution is 0.0692. The highest BCUT2D eigenvalue weighted by Crippen LogP contribution is 2.15. The third kappa shape index (κ3) is 3.14. The van der Waals surface area contributed by atoms with Crippen molar-refractivity contribution in [3.63, 3.8) is 0 Å². The van der Waals surface area contributed by atoms with Gasteiger partial charge in [-0.1, -0.05) is 12.1 Å². The van der Waals surface area contributed by atoms with E-state index in [1.165, 1.54) is 29.7 Å². The molecule has 0 spiro atoms. The number of carboxylic acids is 1. The van der Waals surface area contributed by atoms with E-state index in [1.807, 2.05) is 12.3 Å². The Bertz CT molecular complexity index is 640. The van der Waals surface area contributed by atoms with Gasteiger partial charge in [0.1, 0.15) is 11.4 Å². The third-order valence-corrected chi connectivity index (χ3v) is 3.11. The van der Waals surface area contributed by atoms with Crippen molar-refractivity contribution in [2.24, 2.45) is 5.10 Å². The van der Waals surface area contributed by atoms with Crippen molar-refractivity contribution in [2.45, 2.75) is 6.92 Å². The third-order valence-electron chi connectivity index (χ3n) is 2.24. The van der Waals surface area contributed by atoms with Gasteiger partial charge in [0.2, 0.25) is 5.13 Å². The molecule has 2 N–H and O–H groups in total. The summed E-state index contributed by atoms with van der Waals surface area (Å²) in [5, 5.41) is 15.2. The second-order valence-electron chi connectivity index (χ2n) is 3.67. The molecule has 0 unspecified atom stereocenters. The molecule has 98 valence electrons. The number of nitrogens with one attached hydrogen (secondary N) is 1. The van der Waals surface area contributed by atoms with Gasteiger partial charge in [0, 0.05) is 10.9 Å². The summed E-state index contributed by atoms with van der Waals surface area (Å²) < 4.78 is 13.4. The SMILES string of the molecule is Cc1csc(NN=Cc2cccc(F)c2C(=O)O)n1. The van der Waals surface area contributed by atoms with E-state index in [0.29, 0.717) is 5.13 Å². The van der Waals surface area contributed by atoms with Crippen LogP contribution < -0.4 is 5.43 Å². The van der Waals surface area contributed by atoms with Crippen LogP contribution in [-0.4, -0.2) is 22.3 Å². The molecule has 0 radical (unpaired) electrons. The fraction of sp³-hybridized carbons (Fsp3) is 0.0833. The molecular weight excluding hydrogens is 269 g/mol. The van der Waals surface area contributed by atoms with Gasteiger partial charge < -0.3 is 5.11 Å². The lowest BCUT2D eigenvalue weighted by atomic mass is 10.1. The number of carbonyl (C=O) groups is 1. The van der Waals surface area contributed by atoms with Crippen LogP contribution in [0.4, 0.5) is 9.52 Å². The molecule has 0 amide bonds. The smallest absolute Gasteiger partial charge is 0.339 e. The number of thiazole rings is 1. The molecule has 7 heteroatoms. The molecule has 0 saturated heterocycles. The minimum absolute atomic E-state index is 0.188. The van der Waals surface area contributed by atoms with Crippen LogP contribution >= 0.6 is 11.3 Å². The quantitative estimate of drug-likeness (QED) is 0.666. The number of halogens is 1. The minimum atomic E-state index is -1.33. The Labute approximate surface area is 112 Å². The first-order valence-electron chi connectivity index (χ1n) is 5.31. The van der Waals surface area contributed by atoms with Crippen LogP contribution in [0.5, 0.6) is 0 Å². The highest BCUT2D eigenvalue weighted by molar-refractivity contribution is 7.13. The number of benzene rings is 1.